The van der Waals surface area contributed by atoms with E-state index in [1.54, 1.807) is 36.4 Å². The van der Waals surface area contributed by atoms with Crippen molar-refractivity contribution in [2.75, 3.05) is 5.01 Å². The number of para-hydroxylation sites is 2. The molecule has 3 aromatic rings. The summed E-state index contributed by atoms with van der Waals surface area (Å²) in [4.78, 5) is 36.4. The standard InChI is InChI=1S/C23H16BrN3O5/c24-17-11-9-15(10-12-17)14-32-21-16(5-4-8-20(21)27(30)31)13-19-22(28)25-26(23(19)29)18-6-2-1-3-7-18/h1-13H,14H2,(H,25,28)/b19-13-. The number of carbonyl (C=O) groups is 2. The van der Waals surface area contributed by atoms with Crippen molar-refractivity contribution in [3.8, 4) is 5.75 Å². The van der Waals surface area contributed by atoms with Gasteiger partial charge in [0.15, 0.2) is 0 Å². The predicted molar refractivity (Wildman–Crippen MR) is 122 cm³/mol. The van der Waals surface area contributed by atoms with Crippen LogP contribution < -0.4 is 15.2 Å². The van der Waals surface area contributed by atoms with Crippen LogP contribution in [0.5, 0.6) is 5.75 Å². The maximum atomic E-state index is 12.9. The lowest BCUT2D eigenvalue weighted by Gasteiger charge is -2.14. The SMILES string of the molecule is O=C1NN(c2ccccc2)C(=O)/C1=C\c1cccc([N+](=O)[O-])c1OCc1ccc(Br)cc1. The minimum atomic E-state index is -0.607. The van der Waals surface area contributed by atoms with E-state index in [0.29, 0.717) is 5.69 Å². The molecule has 160 valence electrons. The molecule has 9 heteroatoms. The fourth-order valence-electron chi connectivity index (χ4n) is 3.16. The van der Waals surface area contributed by atoms with Gasteiger partial charge < -0.3 is 4.74 Å². The molecule has 1 aliphatic heterocycles. The average Bonchev–Trinajstić information content (AvgIpc) is 3.08. The zero-order valence-corrected chi connectivity index (χ0v) is 18.1. The first kappa shape index (κ1) is 21.3. The van der Waals surface area contributed by atoms with Crippen molar-refractivity contribution >= 4 is 45.2 Å². The first-order chi connectivity index (χ1) is 15.4. The summed E-state index contributed by atoms with van der Waals surface area (Å²) in [6.45, 7) is 0.0740. The van der Waals surface area contributed by atoms with Crippen molar-refractivity contribution in [2.24, 2.45) is 0 Å². The number of carbonyl (C=O) groups excluding carboxylic acids is 2. The Labute approximate surface area is 191 Å². The largest absolute Gasteiger partial charge is 0.482 e. The number of nitrogens with zero attached hydrogens (tertiary/aromatic N) is 2. The summed E-state index contributed by atoms with van der Waals surface area (Å²) in [6.07, 6.45) is 1.31. The van der Waals surface area contributed by atoms with Crippen LogP contribution in [0.2, 0.25) is 0 Å². The first-order valence-electron chi connectivity index (χ1n) is 9.51. The number of hydrogen-bond donors (Lipinski definition) is 1. The number of anilines is 1. The normalized spacial score (nSPS) is 14.5. The number of halogens is 1. The van der Waals surface area contributed by atoms with Gasteiger partial charge in [0.1, 0.15) is 12.2 Å². The molecule has 1 saturated heterocycles. The lowest BCUT2D eigenvalue weighted by Crippen LogP contribution is -2.35. The average molecular weight is 494 g/mol. The van der Waals surface area contributed by atoms with Crippen molar-refractivity contribution in [1.82, 2.24) is 5.43 Å². The Balaban J connectivity index is 1.68. The van der Waals surface area contributed by atoms with Crippen LogP contribution in [-0.4, -0.2) is 16.7 Å². The van der Waals surface area contributed by atoms with Crippen LogP contribution in [0.4, 0.5) is 11.4 Å². The monoisotopic (exact) mass is 493 g/mol. The molecule has 0 aromatic heterocycles. The zero-order valence-electron chi connectivity index (χ0n) is 16.5. The summed E-state index contributed by atoms with van der Waals surface area (Å²) in [7, 11) is 0. The molecule has 1 aliphatic rings. The van der Waals surface area contributed by atoms with Crippen molar-refractivity contribution in [2.45, 2.75) is 6.61 Å². The molecule has 4 rings (SSSR count). The van der Waals surface area contributed by atoms with Crippen molar-refractivity contribution in [3.63, 3.8) is 0 Å². The van der Waals surface area contributed by atoms with Crippen molar-refractivity contribution in [3.05, 3.63) is 104 Å². The lowest BCUT2D eigenvalue weighted by molar-refractivity contribution is -0.386. The van der Waals surface area contributed by atoms with E-state index in [4.69, 9.17) is 4.74 Å². The molecule has 0 saturated carbocycles. The highest BCUT2D eigenvalue weighted by Crippen LogP contribution is 2.34. The summed E-state index contributed by atoms with van der Waals surface area (Å²) >= 11 is 3.35. The Morgan fingerprint density at radius 2 is 1.72 bits per heavy atom. The van der Waals surface area contributed by atoms with Crippen LogP contribution in [0, 0.1) is 10.1 Å². The van der Waals surface area contributed by atoms with Gasteiger partial charge in [0, 0.05) is 16.1 Å². The van der Waals surface area contributed by atoms with E-state index >= 15 is 0 Å². The van der Waals surface area contributed by atoms with Gasteiger partial charge >= 0.3 is 5.69 Å². The smallest absolute Gasteiger partial charge is 0.311 e. The molecule has 2 amide bonds. The number of hydrazine groups is 1. The summed E-state index contributed by atoms with van der Waals surface area (Å²) in [5.41, 5.74) is 3.65. The third-order valence-corrected chi connectivity index (χ3v) is 5.25. The molecule has 0 atom stereocenters. The second-order valence-electron chi connectivity index (χ2n) is 6.84. The predicted octanol–water partition coefficient (Wildman–Crippen LogP) is 4.40. The maximum absolute atomic E-state index is 12.9. The molecule has 0 radical (unpaired) electrons. The molecule has 1 fully saturated rings. The van der Waals surface area contributed by atoms with Gasteiger partial charge in [-0.1, -0.05) is 58.4 Å². The molecule has 1 heterocycles. The van der Waals surface area contributed by atoms with Gasteiger partial charge in [-0.15, -0.1) is 0 Å². The molecule has 1 N–H and O–H groups in total. The van der Waals surface area contributed by atoms with Gasteiger partial charge in [-0.3, -0.25) is 25.1 Å². The van der Waals surface area contributed by atoms with E-state index < -0.39 is 16.7 Å². The summed E-state index contributed by atoms with van der Waals surface area (Å²) in [6, 6.07) is 20.3. The van der Waals surface area contributed by atoms with Crippen LogP contribution in [0.3, 0.4) is 0 Å². The molecule has 8 nitrogen and oxygen atoms in total. The van der Waals surface area contributed by atoms with Crippen LogP contribution in [0.1, 0.15) is 11.1 Å². The Kier molecular flexibility index (Phi) is 6.00. The lowest BCUT2D eigenvalue weighted by atomic mass is 10.1. The van der Waals surface area contributed by atoms with Crippen LogP contribution in [0.15, 0.2) is 82.8 Å². The molecule has 32 heavy (non-hydrogen) atoms. The molecular formula is C23H16BrN3O5. The van der Waals surface area contributed by atoms with E-state index in [-0.39, 0.29) is 29.2 Å². The molecule has 0 unspecified atom stereocenters. The molecule has 0 bridgehead atoms. The number of nitro groups is 1. The molecule has 3 aromatic carbocycles. The summed E-state index contributed by atoms with van der Waals surface area (Å²) in [5.74, 6) is -1.19. The highest BCUT2D eigenvalue weighted by Gasteiger charge is 2.35. The second kappa shape index (κ2) is 9.03. The Morgan fingerprint density at radius 3 is 2.41 bits per heavy atom. The van der Waals surface area contributed by atoms with Crippen LogP contribution >= 0.6 is 15.9 Å². The minimum absolute atomic E-state index is 0.0216. The van der Waals surface area contributed by atoms with E-state index in [1.807, 2.05) is 24.3 Å². The third-order valence-electron chi connectivity index (χ3n) is 4.72. The van der Waals surface area contributed by atoms with E-state index in [1.165, 1.54) is 18.2 Å². The van der Waals surface area contributed by atoms with E-state index in [9.17, 15) is 19.7 Å². The highest BCUT2D eigenvalue weighted by molar-refractivity contribution is 9.10. The summed E-state index contributed by atoms with van der Waals surface area (Å²) < 4.78 is 6.68. The van der Waals surface area contributed by atoms with Gasteiger partial charge in [0.05, 0.1) is 10.6 Å². The topological polar surface area (TPSA) is 102 Å². The van der Waals surface area contributed by atoms with Gasteiger partial charge in [-0.05, 0) is 35.9 Å². The number of benzene rings is 3. The first-order valence-corrected chi connectivity index (χ1v) is 10.3. The van der Waals surface area contributed by atoms with Gasteiger partial charge in [0.2, 0.25) is 5.75 Å². The number of ether oxygens (including phenoxy) is 1. The zero-order chi connectivity index (χ0) is 22.7. The van der Waals surface area contributed by atoms with Crippen LogP contribution in [-0.2, 0) is 16.2 Å². The Hall–Kier alpha value is -3.98. The van der Waals surface area contributed by atoms with E-state index in [2.05, 4.69) is 21.4 Å². The van der Waals surface area contributed by atoms with E-state index in [0.717, 1.165) is 15.0 Å². The number of nitro benzene ring substituents is 1. The summed E-state index contributed by atoms with van der Waals surface area (Å²) in [5, 5.41) is 12.7. The molecule has 0 spiro atoms. The highest BCUT2D eigenvalue weighted by atomic mass is 79.9. The molecule has 0 aliphatic carbocycles. The Morgan fingerprint density at radius 1 is 1.00 bits per heavy atom. The van der Waals surface area contributed by atoms with Gasteiger partial charge in [-0.2, -0.15) is 0 Å². The maximum Gasteiger partial charge on any atom is 0.311 e. The van der Waals surface area contributed by atoms with Crippen molar-refractivity contribution in [1.29, 1.82) is 0 Å². The van der Waals surface area contributed by atoms with Crippen LogP contribution in [0.25, 0.3) is 6.08 Å². The minimum Gasteiger partial charge on any atom is -0.482 e. The number of nitrogens with one attached hydrogen (secondary N) is 1. The second-order valence-corrected chi connectivity index (χ2v) is 7.76. The Bertz CT molecular complexity index is 1230. The fraction of sp³-hybridized carbons (Fsp3) is 0.0435. The molecular weight excluding hydrogens is 478 g/mol. The number of hydrogen-bond acceptors (Lipinski definition) is 5. The fourth-order valence-corrected chi connectivity index (χ4v) is 3.43. The van der Waals surface area contributed by atoms with Gasteiger partial charge in [-0.25, -0.2) is 5.01 Å². The van der Waals surface area contributed by atoms with Crippen molar-refractivity contribution < 1.29 is 19.2 Å². The third kappa shape index (κ3) is 4.37. The number of amides is 2. The number of rotatable bonds is 6. The van der Waals surface area contributed by atoms with Gasteiger partial charge in [0.25, 0.3) is 11.8 Å². The quantitative estimate of drug-likeness (QED) is 0.237.